The molecule has 0 heterocycles. The highest BCUT2D eigenvalue weighted by Gasteiger charge is 2.33. The summed E-state index contributed by atoms with van der Waals surface area (Å²) in [6.07, 6.45) is 0. The predicted octanol–water partition coefficient (Wildman–Crippen LogP) is 4.20. The van der Waals surface area contributed by atoms with E-state index in [2.05, 4.69) is 71.4 Å². The summed E-state index contributed by atoms with van der Waals surface area (Å²) in [7, 11) is 0. The van der Waals surface area contributed by atoms with Gasteiger partial charge in [-0.3, -0.25) is 4.90 Å². The van der Waals surface area contributed by atoms with Gasteiger partial charge in [0.05, 0.1) is 0 Å². The van der Waals surface area contributed by atoms with Gasteiger partial charge in [-0.15, -0.1) is 0 Å². The van der Waals surface area contributed by atoms with Crippen LogP contribution in [0.2, 0.25) is 0 Å². The Morgan fingerprint density at radius 1 is 0.800 bits per heavy atom. The lowest BCUT2D eigenvalue weighted by molar-refractivity contribution is 0.115. The van der Waals surface area contributed by atoms with Gasteiger partial charge in [-0.1, -0.05) is 52.0 Å². The van der Waals surface area contributed by atoms with Crippen molar-refractivity contribution in [3.8, 4) is 0 Å². The lowest BCUT2D eigenvalue weighted by atomic mass is 9.82. The van der Waals surface area contributed by atoms with E-state index >= 15 is 0 Å². The Hall–Kier alpha value is -0.600. The van der Waals surface area contributed by atoms with E-state index in [0.717, 1.165) is 26.2 Å². The van der Waals surface area contributed by atoms with Crippen LogP contribution in [0.25, 0.3) is 0 Å². The van der Waals surface area contributed by atoms with Crippen LogP contribution < -0.4 is 0 Å². The Labute approximate surface area is 127 Å². The molecule has 0 aromatic rings. The van der Waals surface area contributed by atoms with E-state index in [4.69, 9.17) is 0 Å². The third-order valence-electron chi connectivity index (χ3n) is 4.53. The Morgan fingerprint density at radius 2 is 1.20 bits per heavy atom. The van der Waals surface area contributed by atoms with Crippen LogP contribution in [0.5, 0.6) is 0 Å². The van der Waals surface area contributed by atoms with Crippen LogP contribution in [-0.2, 0) is 0 Å². The zero-order chi connectivity index (χ0) is 15.9. The van der Waals surface area contributed by atoms with Gasteiger partial charge >= 0.3 is 0 Å². The van der Waals surface area contributed by atoms with Gasteiger partial charge in [0, 0.05) is 18.0 Å². The fraction of sp³-hybridized carbons (Fsp3) is 0.778. The zero-order valence-electron chi connectivity index (χ0n) is 14.9. The summed E-state index contributed by atoms with van der Waals surface area (Å²) in [6, 6.07) is 0.878. The second-order valence-corrected chi connectivity index (χ2v) is 5.85. The summed E-state index contributed by atoms with van der Waals surface area (Å²) >= 11 is 0. The van der Waals surface area contributed by atoms with Gasteiger partial charge in [0.15, 0.2) is 0 Å². The fourth-order valence-corrected chi connectivity index (χ4v) is 3.43. The van der Waals surface area contributed by atoms with Crippen LogP contribution in [0.3, 0.4) is 0 Å². The van der Waals surface area contributed by atoms with E-state index in [9.17, 15) is 0 Å². The maximum atomic E-state index is 4.29. The van der Waals surface area contributed by atoms with Crippen molar-refractivity contribution in [2.24, 2.45) is 5.92 Å². The van der Waals surface area contributed by atoms with Crippen LogP contribution in [0, 0.1) is 5.92 Å². The Morgan fingerprint density at radius 3 is 1.45 bits per heavy atom. The molecule has 0 saturated heterocycles. The lowest BCUT2D eigenvalue weighted by Gasteiger charge is -2.43. The number of rotatable bonds is 10. The van der Waals surface area contributed by atoms with Crippen molar-refractivity contribution in [3.05, 3.63) is 24.3 Å². The molecular formula is C18H36N2. The first-order valence-electron chi connectivity index (χ1n) is 8.14. The van der Waals surface area contributed by atoms with Crippen LogP contribution in [0.15, 0.2) is 24.3 Å². The summed E-state index contributed by atoms with van der Waals surface area (Å²) in [6.45, 7) is 28.5. The molecule has 0 saturated carbocycles. The molecule has 2 heteroatoms. The lowest BCUT2D eigenvalue weighted by Crippen LogP contribution is -2.50. The topological polar surface area (TPSA) is 6.48 Å². The molecule has 0 aromatic heterocycles. The molecule has 0 aromatic carbocycles. The van der Waals surface area contributed by atoms with Crippen molar-refractivity contribution in [2.45, 2.75) is 60.5 Å². The van der Waals surface area contributed by atoms with E-state index in [1.165, 1.54) is 11.1 Å². The van der Waals surface area contributed by atoms with Crippen LogP contribution in [-0.4, -0.2) is 48.1 Å². The maximum Gasteiger partial charge on any atom is 0.0382 e. The molecule has 0 bridgehead atoms. The van der Waals surface area contributed by atoms with Crippen molar-refractivity contribution < 1.29 is 0 Å². The molecule has 0 aliphatic heterocycles. The molecule has 118 valence electrons. The summed E-state index contributed by atoms with van der Waals surface area (Å²) < 4.78 is 0. The highest BCUT2D eigenvalue weighted by molar-refractivity contribution is 5.16. The average Bonchev–Trinajstić information content (AvgIpc) is 2.39. The summed E-state index contributed by atoms with van der Waals surface area (Å²) in [5, 5.41) is 0. The second-order valence-electron chi connectivity index (χ2n) is 5.85. The van der Waals surface area contributed by atoms with Crippen LogP contribution in [0.4, 0.5) is 0 Å². The molecule has 0 N–H and O–H groups in total. The normalized spacial score (nSPS) is 16.2. The van der Waals surface area contributed by atoms with Crippen molar-refractivity contribution in [2.75, 3.05) is 26.2 Å². The highest BCUT2D eigenvalue weighted by Crippen LogP contribution is 2.29. The summed E-state index contributed by atoms with van der Waals surface area (Å²) in [5.74, 6) is 0.437. The Balaban J connectivity index is 5.49. The number of hydrogen-bond acceptors (Lipinski definition) is 2. The molecule has 0 aliphatic rings. The summed E-state index contributed by atoms with van der Waals surface area (Å²) in [5.41, 5.74) is 2.52. The highest BCUT2D eigenvalue weighted by atomic mass is 15.2. The minimum atomic E-state index is 0.387. The molecule has 0 amide bonds. The smallest absolute Gasteiger partial charge is 0.0382 e. The molecule has 2 nitrogen and oxygen atoms in total. The Kier molecular flexibility index (Phi) is 9.08. The molecule has 0 radical (unpaired) electrons. The predicted molar refractivity (Wildman–Crippen MR) is 92.2 cm³/mol. The minimum Gasteiger partial charge on any atom is -0.301 e. The molecule has 3 atom stereocenters. The largest absolute Gasteiger partial charge is 0.301 e. The first-order valence-corrected chi connectivity index (χ1v) is 8.14. The van der Waals surface area contributed by atoms with Crippen molar-refractivity contribution in [3.63, 3.8) is 0 Å². The minimum absolute atomic E-state index is 0.387. The van der Waals surface area contributed by atoms with Gasteiger partial charge in [0.2, 0.25) is 0 Å². The standard InChI is InChI=1S/C18H36N2/c1-10-19(11-2)16(9)17(14(5)6)18(15(7)8)20(12-3)13-4/h16-18H,5,7,10-13H2,1-4,6,8-9H3/t16-,17-,18?/m0/s1. The van der Waals surface area contributed by atoms with Crippen molar-refractivity contribution in [1.82, 2.24) is 9.80 Å². The SMILES string of the molecule is C=C(C)C([C@@H](C(=C)C)[C@H](C)N(CC)CC)N(CC)CC. The average molecular weight is 280 g/mol. The first-order chi connectivity index (χ1) is 9.35. The molecule has 1 unspecified atom stereocenters. The molecule has 0 rings (SSSR count). The second kappa shape index (κ2) is 9.36. The molecule has 0 spiro atoms. The number of nitrogens with zero attached hydrogens (tertiary/aromatic N) is 2. The van der Waals surface area contributed by atoms with Crippen molar-refractivity contribution >= 4 is 0 Å². The third-order valence-corrected chi connectivity index (χ3v) is 4.53. The molecule has 20 heavy (non-hydrogen) atoms. The molecular weight excluding hydrogens is 244 g/mol. The quantitative estimate of drug-likeness (QED) is 0.554. The monoisotopic (exact) mass is 280 g/mol. The van der Waals surface area contributed by atoms with Gasteiger partial charge in [0.25, 0.3) is 0 Å². The van der Waals surface area contributed by atoms with E-state index in [-0.39, 0.29) is 0 Å². The maximum absolute atomic E-state index is 4.29. The van der Waals surface area contributed by atoms with E-state index < -0.39 is 0 Å². The van der Waals surface area contributed by atoms with Crippen LogP contribution in [0.1, 0.15) is 48.5 Å². The number of likely N-dealkylation sites (N-methyl/N-ethyl adjacent to an activating group) is 1. The zero-order valence-corrected chi connectivity index (χ0v) is 14.9. The molecule has 0 fully saturated rings. The summed E-state index contributed by atoms with van der Waals surface area (Å²) in [4.78, 5) is 5.04. The fourth-order valence-electron chi connectivity index (χ4n) is 3.43. The van der Waals surface area contributed by atoms with E-state index in [0.29, 0.717) is 18.0 Å². The van der Waals surface area contributed by atoms with E-state index in [1.807, 2.05) is 0 Å². The van der Waals surface area contributed by atoms with Gasteiger partial charge in [-0.2, -0.15) is 0 Å². The van der Waals surface area contributed by atoms with Crippen LogP contribution >= 0.6 is 0 Å². The van der Waals surface area contributed by atoms with Crippen molar-refractivity contribution in [1.29, 1.82) is 0 Å². The molecule has 0 aliphatic carbocycles. The van der Waals surface area contributed by atoms with Gasteiger partial charge in [-0.25, -0.2) is 0 Å². The van der Waals surface area contributed by atoms with E-state index in [1.54, 1.807) is 0 Å². The van der Waals surface area contributed by atoms with Gasteiger partial charge < -0.3 is 4.90 Å². The third kappa shape index (κ3) is 4.75. The number of hydrogen-bond donors (Lipinski definition) is 0. The van der Waals surface area contributed by atoms with Gasteiger partial charge in [0.1, 0.15) is 0 Å². The van der Waals surface area contributed by atoms with Gasteiger partial charge in [-0.05, 0) is 47.0 Å². The first kappa shape index (κ1) is 19.4. The Bertz CT molecular complexity index is 301.